The Hall–Kier alpha value is -2.48. The molecule has 1 heteroatoms. The van der Waals surface area contributed by atoms with E-state index in [0.29, 0.717) is 16.6 Å². The Morgan fingerprint density at radius 2 is 1.11 bits per heavy atom. The molecule has 0 atom stereocenters. The quantitative estimate of drug-likeness (QED) is 0.249. The monoisotopic (exact) mass is 382 g/mol. The van der Waals surface area contributed by atoms with Gasteiger partial charge >= 0.3 is 0 Å². The molecule has 0 heterocycles. The van der Waals surface area contributed by atoms with Crippen molar-refractivity contribution >= 4 is 29.6 Å². The molecule has 0 spiro atoms. The Balaban J connectivity index is 2.11. The number of rotatable bonds is 3. The van der Waals surface area contributed by atoms with E-state index in [1.54, 1.807) is 0 Å². The maximum atomic E-state index is 5.57. The van der Waals surface area contributed by atoms with Gasteiger partial charge in [-0.3, -0.25) is 0 Å². The SMILES string of the molecule is C#Cc1ccc2cc3ccc(C#C[Si](C(C)C)(C(C)C)C(C)C)cc3cc2c1. The van der Waals surface area contributed by atoms with Crippen LogP contribution in [0, 0.1) is 23.8 Å². The molecule has 3 rings (SSSR count). The van der Waals surface area contributed by atoms with Crippen molar-refractivity contribution in [1.29, 1.82) is 0 Å². The van der Waals surface area contributed by atoms with Crippen LogP contribution in [0.25, 0.3) is 21.5 Å². The van der Waals surface area contributed by atoms with E-state index in [-0.39, 0.29) is 0 Å². The summed E-state index contributed by atoms with van der Waals surface area (Å²) in [6.45, 7) is 14.1. The summed E-state index contributed by atoms with van der Waals surface area (Å²) in [7, 11) is -1.72. The molecule has 28 heavy (non-hydrogen) atoms. The zero-order valence-electron chi connectivity index (χ0n) is 17.9. The largest absolute Gasteiger partial charge is 0.146 e. The lowest BCUT2D eigenvalue weighted by Crippen LogP contribution is -2.43. The minimum Gasteiger partial charge on any atom is -0.125 e. The van der Waals surface area contributed by atoms with E-state index in [1.165, 1.54) is 21.5 Å². The molecule has 3 aromatic carbocycles. The molecule has 0 nitrogen and oxygen atoms in total. The highest BCUT2D eigenvalue weighted by molar-refractivity contribution is 6.90. The van der Waals surface area contributed by atoms with Gasteiger partial charge in [-0.2, -0.15) is 0 Å². The molecule has 3 aromatic rings. The normalized spacial score (nSPS) is 11.9. The fourth-order valence-electron chi connectivity index (χ4n) is 4.78. The highest BCUT2D eigenvalue weighted by Crippen LogP contribution is 2.40. The first-order valence-electron chi connectivity index (χ1n) is 10.2. The smallest absolute Gasteiger partial charge is 0.125 e. The fourth-order valence-corrected chi connectivity index (χ4v) is 10.0. The van der Waals surface area contributed by atoms with Crippen LogP contribution in [0.1, 0.15) is 52.7 Å². The zero-order valence-corrected chi connectivity index (χ0v) is 18.9. The Morgan fingerprint density at radius 1 is 0.643 bits per heavy atom. The minimum atomic E-state index is -1.72. The molecule has 0 aliphatic carbocycles. The molecular weight excluding hydrogens is 352 g/mol. The van der Waals surface area contributed by atoms with Gasteiger partial charge in [0.25, 0.3) is 0 Å². The van der Waals surface area contributed by atoms with Crippen LogP contribution in [0.2, 0.25) is 16.6 Å². The first kappa shape index (κ1) is 20.3. The van der Waals surface area contributed by atoms with Crippen LogP contribution in [-0.2, 0) is 0 Å². The van der Waals surface area contributed by atoms with Gasteiger partial charge in [0, 0.05) is 11.1 Å². The first-order chi connectivity index (χ1) is 13.3. The lowest BCUT2D eigenvalue weighted by atomic mass is 10.0. The van der Waals surface area contributed by atoms with Gasteiger partial charge in [-0.25, -0.2) is 0 Å². The second kappa shape index (κ2) is 7.87. The molecule has 0 radical (unpaired) electrons. The van der Waals surface area contributed by atoms with E-state index in [4.69, 9.17) is 6.42 Å². The van der Waals surface area contributed by atoms with E-state index >= 15 is 0 Å². The molecule has 0 saturated carbocycles. The van der Waals surface area contributed by atoms with Crippen molar-refractivity contribution < 1.29 is 0 Å². The Morgan fingerprint density at radius 3 is 1.61 bits per heavy atom. The number of terminal acetylenes is 1. The van der Waals surface area contributed by atoms with Crippen molar-refractivity contribution in [2.24, 2.45) is 0 Å². The second-order valence-electron chi connectivity index (χ2n) is 8.77. The average Bonchev–Trinajstić information content (AvgIpc) is 2.65. The predicted octanol–water partition coefficient (Wildman–Crippen LogP) is 7.54. The van der Waals surface area contributed by atoms with Crippen LogP contribution in [0.5, 0.6) is 0 Å². The van der Waals surface area contributed by atoms with Gasteiger partial charge in [0.1, 0.15) is 8.07 Å². The summed E-state index contributed by atoms with van der Waals surface area (Å²) in [4.78, 5) is 0. The number of hydrogen-bond acceptors (Lipinski definition) is 0. The summed E-state index contributed by atoms with van der Waals surface area (Å²) in [5.41, 5.74) is 7.80. The third-order valence-corrected chi connectivity index (χ3v) is 12.5. The van der Waals surface area contributed by atoms with Crippen LogP contribution in [0.3, 0.4) is 0 Å². The van der Waals surface area contributed by atoms with Crippen LogP contribution in [-0.4, -0.2) is 8.07 Å². The van der Waals surface area contributed by atoms with E-state index in [0.717, 1.165) is 11.1 Å². The summed E-state index contributed by atoms with van der Waals surface area (Å²) >= 11 is 0. The highest BCUT2D eigenvalue weighted by atomic mass is 28.3. The molecule has 0 saturated heterocycles. The van der Waals surface area contributed by atoms with Crippen LogP contribution < -0.4 is 0 Å². The molecule has 142 valence electrons. The molecule has 0 aromatic heterocycles. The van der Waals surface area contributed by atoms with Crippen LogP contribution in [0.15, 0.2) is 48.5 Å². The molecule has 0 aliphatic rings. The molecular formula is C27H30Si. The van der Waals surface area contributed by atoms with E-state index in [9.17, 15) is 0 Å². The lowest BCUT2D eigenvalue weighted by Gasteiger charge is -2.38. The zero-order chi connectivity index (χ0) is 20.5. The van der Waals surface area contributed by atoms with Crippen LogP contribution in [0.4, 0.5) is 0 Å². The third-order valence-electron chi connectivity index (χ3n) is 6.25. The summed E-state index contributed by atoms with van der Waals surface area (Å²) in [5, 5.41) is 4.87. The standard InChI is InChI=1S/C27H30Si/c1-8-22-9-11-24-17-25-12-10-23(16-27(25)18-26(24)15-22)13-14-28(19(2)3,20(4)5)21(6)7/h1,9-12,15-21H,2-7H3. The number of fused-ring (bicyclic) bond motifs is 2. The summed E-state index contributed by atoms with van der Waals surface area (Å²) in [5.74, 6) is 6.30. The minimum absolute atomic E-state index is 0.645. The Bertz CT molecular complexity index is 1090. The molecule has 0 amide bonds. The Kier molecular flexibility index (Phi) is 5.69. The summed E-state index contributed by atoms with van der Waals surface area (Å²) < 4.78 is 0. The van der Waals surface area contributed by atoms with Crippen molar-refractivity contribution in [3.05, 3.63) is 59.7 Å². The van der Waals surface area contributed by atoms with Gasteiger partial charge in [0.05, 0.1) is 0 Å². The van der Waals surface area contributed by atoms with Crippen molar-refractivity contribution in [1.82, 2.24) is 0 Å². The molecule has 0 aliphatic heterocycles. The molecule has 0 unspecified atom stereocenters. The van der Waals surface area contributed by atoms with Gasteiger partial charge < -0.3 is 0 Å². The van der Waals surface area contributed by atoms with Gasteiger partial charge in [-0.1, -0.05) is 65.5 Å². The maximum absolute atomic E-state index is 5.57. The van der Waals surface area contributed by atoms with Crippen molar-refractivity contribution in [2.75, 3.05) is 0 Å². The second-order valence-corrected chi connectivity index (χ2v) is 14.3. The van der Waals surface area contributed by atoms with Crippen molar-refractivity contribution in [3.63, 3.8) is 0 Å². The topological polar surface area (TPSA) is 0 Å². The van der Waals surface area contributed by atoms with Gasteiger partial charge in [-0.05, 0) is 74.6 Å². The highest BCUT2D eigenvalue weighted by Gasteiger charge is 2.41. The van der Waals surface area contributed by atoms with Crippen molar-refractivity contribution in [3.8, 4) is 23.8 Å². The molecule has 0 fully saturated rings. The summed E-state index contributed by atoms with van der Waals surface area (Å²) in [6, 6.07) is 17.2. The molecule has 0 bridgehead atoms. The van der Waals surface area contributed by atoms with Crippen molar-refractivity contribution in [2.45, 2.75) is 58.2 Å². The lowest BCUT2D eigenvalue weighted by molar-refractivity contribution is 0.838. The van der Waals surface area contributed by atoms with Gasteiger partial charge in [0.15, 0.2) is 0 Å². The first-order valence-corrected chi connectivity index (χ1v) is 12.5. The van der Waals surface area contributed by atoms with Crippen LogP contribution >= 0.6 is 0 Å². The predicted molar refractivity (Wildman–Crippen MR) is 127 cm³/mol. The van der Waals surface area contributed by atoms with E-state index in [2.05, 4.69) is 101 Å². The summed E-state index contributed by atoms with van der Waals surface area (Å²) in [6.07, 6.45) is 5.57. The number of hydrogen-bond donors (Lipinski definition) is 0. The Labute approximate surface area is 171 Å². The third kappa shape index (κ3) is 3.60. The molecule has 0 N–H and O–H groups in total. The number of benzene rings is 3. The maximum Gasteiger partial charge on any atom is 0.146 e. The van der Waals surface area contributed by atoms with E-state index < -0.39 is 8.07 Å². The average molecular weight is 383 g/mol. The fraction of sp³-hybridized carbons (Fsp3) is 0.333. The van der Waals surface area contributed by atoms with Gasteiger partial charge in [-0.15, -0.1) is 12.0 Å². The van der Waals surface area contributed by atoms with Gasteiger partial charge in [0.2, 0.25) is 0 Å². The van der Waals surface area contributed by atoms with E-state index in [1.807, 2.05) is 6.07 Å².